The summed E-state index contributed by atoms with van der Waals surface area (Å²) < 4.78 is 10.1. The maximum absolute atomic E-state index is 12.6. The Kier molecular flexibility index (Phi) is 6.45. The first kappa shape index (κ1) is 20.3. The van der Waals surface area contributed by atoms with Gasteiger partial charge < -0.3 is 14.8 Å². The molecule has 0 radical (unpaired) electrons. The number of carbonyl (C=O) groups is 2. The summed E-state index contributed by atoms with van der Waals surface area (Å²) in [5, 5.41) is 14.3. The lowest BCUT2D eigenvalue weighted by molar-refractivity contribution is -0.385. The summed E-state index contributed by atoms with van der Waals surface area (Å²) in [6, 6.07) is 4.68. The first-order valence-corrected chi connectivity index (χ1v) is 8.62. The Bertz CT molecular complexity index is 823. The van der Waals surface area contributed by atoms with Gasteiger partial charge in [0.2, 0.25) is 0 Å². The molecule has 9 nitrogen and oxygen atoms in total. The van der Waals surface area contributed by atoms with Crippen molar-refractivity contribution in [3.63, 3.8) is 0 Å². The van der Waals surface area contributed by atoms with E-state index in [1.807, 2.05) is 0 Å². The summed E-state index contributed by atoms with van der Waals surface area (Å²) >= 11 is 5.24. The molecule has 27 heavy (non-hydrogen) atoms. The van der Waals surface area contributed by atoms with Crippen LogP contribution in [0.2, 0.25) is 0 Å². The first-order chi connectivity index (χ1) is 12.8. The molecule has 1 aromatic carbocycles. The maximum Gasteiger partial charge on any atom is 0.416 e. The Morgan fingerprint density at radius 2 is 1.89 bits per heavy atom. The zero-order valence-corrected chi connectivity index (χ0v) is 15.9. The molecule has 1 aromatic rings. The Labute approximate surface area is 161 Å². The molecular formula is C17H19N3O6S. The average Bonchev–Trinajstić information content (AvgIpc) is 2.61. The fourth-order valence-corrected chi connectivity index (χ4v) is 3.11. The molecule has 2 rings (SSSR count). The number of para-hydroxylation sites is 1. The number of ether oxygens (including phenoxy) is 2. The molecule has 0 bridgehead atoms. The number of hydrogen-bond acceptors (Lipinski definition) is 7. The van der Waals surface area contributed by atoms with E-state index in [4.69, 9.17) is 21.7 Å². The van der Waals surface area contributed by atoms with Crippen LogP contribution in [0, 0.1) is 10.1 Å². The number of nitrogens with one attached hydrogen (secondary N) is 1. The van der Waals surface area contributed by atoms with Gasteiger partial charge in [0.25, 0.3) is 5.69 Å². The predicted molar refractivity (Wildman–Crippen MR) is 99.8 cm³/mol. The molecule has 0 aromatic heterocycles. The van der Waals surface area contributed by atoms with Gasteiger partial charge in [-0.2, -0.15) is 0 Å². The molecule has 1 aliphatic heterocycles. The molecule has 10 heteroatoms. The van der Waals surface area contributed by atoms with Crippen LogP contribution in [-0.4, -0.2) is 40.2 Å². The molecular weight excluding hydrogens is 374 g/mol. The van der Waals surface area contributed by atoms with Crippen molar-refractivity contribution in [3.05, 3.63) is 51.2 Å². The summed E-state index contributed by atoms with van der Waals surface area (Å²) in [5.41, 5.74) is 0.271. The second kappa shape index (κ2) is 8.58. The van der Waals surface area contributed by atoms with Crippen LogP contribution in [0.15, 0.2) is 35.5 Å². The molecule has 0 saturated heterocycles. The van der Waals surface area contributed by atoms with Crippen LogP contribution in [0.25, 0.3) is 0 Å². The van der Waals surface area contributed by atoms with Crippen LogP contribution in [0.3, 0.4) is 0 Å². The highest BCUT2D eigenvalue weighted by atomic mass is 32.1. The monoisotopic (exact) mass is 393 g/mol. The van der Waals surface area contributed by atoms with Crippen LogP contribution in [0.1, 0.15) is 32.4 Å². The molecule has 144 valence electrons. The number of nitro groups is 1. The lowest BCUT2D eigenvalue weighted by atomic mass is 9.93. The van der Waals surface area contributed by atoms with Gasteiger partial charge in [-0.3, -0.25) is 10.1 Å². The van der Waals surface area contributed by atoms with E-state index >= 15 is 0 Å². The smallest absolute Gasteiger partial charge is 0.416 e. The summed E-state index contributed by atoms with van der Waals surface area (Å²) in [7, 11) is 0. The van der Waals surface area contributed by atoms with Crippen molar-refractivity contribution in [1.29, 1.82) is 0 Å². The highest BCUT2D eigenvalue weighted by molar-refractivity contribution is 7.80. The van der Waals surface area contributed by atoms with Gasteiger partial charge in [-0.25, -0.2) is 14.5 Å². The number of amides is 1. The SMILES string of the molecule is CCOC(=O)C1=C(C)NC(=S)N(C(=O)OCC)C1c1ccccc1[N+](=O)[O-]. The van der Waals surface area contributed by atoms with Gasteiger partial charge in [-0.1, -0.05) is 12.1 Å². The topological polar surface area (TPSA) is 111 Å². The van der Waals surface area contributed by atoms with Crippen LogP contribution in [0.5, 0.6) is 0 Å². The number of carbonyl (C=O) groups excluding carboxylic acids is 2. The molecule has 1 amide bonds. The largest absolute Gasteiger partial charge is 0.463 e. The van der Waals surface area contributed by atoms with Gasteiger partial charge in [0, 0.05) is 11.8 Å². The third kappa shape index (κ3) is 4.05. The normalized spacial score (nSPS) is 16.6. The lowest BCUT2D eigenvalue weighted by Crippen LogP contribution is -2.51. The molecule has 0 spiro atoms. The number of nitro benzene ring substituents is 1. The minimum atomic E-state index is -1.15. The molecule has 0 aliphatic carbocycles. The van der Waals surface area contributed by atoms with Gasteiger partial charge in [0.15, 0.2) is 5.11 Å². The Hall–Kier alpha value is -3.01. The third-order valence-electron chi connectivity index (χ3n) is 3.84. The standard InChI is InChI=1S/C17H19N3O6S/c1-4-25-15(21)13-10(3)18-16(27)19(17(22)26-5-2)14(13)11-8-6-7-9-12(11)20(23)24/h6-9,14H,4-5H2,1-3H3,(H,18,27). The van der Waals surface area contributed by atoms with E-state index in [2.05, 4.69) is 5.32 Å². The second-order valence-corrected chi connectivity index (χ2v) is 5.86. The number of rotatable bonds is 5. The summed E-state index contributed by atoms with van der Waals surface area (Å²) in [6.07, 6.45) is -0.826. The van der Waals surface area contributed by atoms with E-state index in [1.54, 1.807) is 26.8 Å². The Morgan fingerprint density at radius 3 is 2.48 bits per heavy atom. The summed E-state index contributed by atoms with van der Waals surface area (Å²) in [6.45, 7) is 5.01. The average molecular weight is 393 g/mol. The van der Waals surface area contributed by atoms with E-state index < -0.39 is 23.0 Å². The fourth-order valence-electron chi connectivity index (χ4n) is 2.77. The third-order valence-corrected chi connectivity index (χ3v) is 4.14. The van der Waals surface area contributed by atoms with Gasteiger partial charge in [0.1, 0.15) is 6.04 Å². The minimum Gasteiger partial charge on any atom is -0.463 e. The van der Waals surface area contributed by atoms with Gasteiger partial charge >= 0.3 is 12.1 Å². The second-order valence-electron chi connectivity index (χ2n) is 5.48. The zero-order chi connectivity index (χ0) is 20.1. The number of esters is 1. The highest BCUT2D eigenvalue weighted by Gasteiger charge is 2.43. The lowest BCUT2D eigenvalue weighted by Gasteiger charge is -2.37. The summed E-state index contributed by atoms with van der Waals surface area (Å²) in [4.78, 5) is 37.1. The molecule has 1 heterocycles. The number of hydrogen-bond donors (Lipinski definition) is 1. The molecule has 1 aliphatic rings. The van der Waals surface area contributed by atoms with Crippen molar-refractivity contribution in [2.45, 2.75) is 26.8 Å². The van der Waals surface area contributed by atoms with Crippen molar-refractivity contribution >= 4 is 35.1 Å². The quantitative estimate of drug-likeness (QED) is 0.352. The Morgan fingerprint density at radius 1 is 1.26 bits per heavy atom. The first-order valence-electron chi connectivity index (χ1n) is 8.21. The van der Waals surface area contributed by atoms with E-state index in [-0.39, 0.29) is 35.2 Å². The zero-order valence-electron chi connectivity index (χ0n) is 15.1. The fraction of sp³-hybridized carbons (Fsp3) is 0.353. The number of benzene rings is 1. The van der Waals surface area contributed by atoms with E-state index in [1.165, 1.54) is 18.2 Å². The van der Waals surface area contributed by atoms with Crippen molar-refractivity contribution in [1.82, 2.24) is 10.2 Å². The number of allylic oxidation sites excluding steroid dienone is 1. The molecule has 1 N–H and O–H groups in total. The van der Waals surface area contributed by atoms with Crippen molar-refractivity contribution in [2.24, 2.45) is 0 Å². The number of thiocarbonyl (C=S) groups is 1. The maximum atomic E-state index is 12.6. The van der Waals surface area contributed by atoms with Crippen LogP contribution in [0.4, 0.5) is 10.5 Å². The van der Waals surface area contributed by atoms with E-state index in [9.17, 15) is 19.7 Å². The molecule has 1 atom stereocenters. The van der Waals surface area contributed by atoms with Crippen LogP contribution < -0.4 is 5.32 Å². The van der Waals surface area contributed by atoms with Gasteiger partial charge in [-0.05, 0) is 39.1 Å². The Balaban J connectivity index is 2.73. The van der Waals surface area contributed by atoms with Crippen LogP contribution in [-0.2, 0) is 14.3 Å². The minimum absolute atomic E-state index is 0.0258. The number of nitrogens with zero attached hydrogens (tertiary/aromatic N) is 2. The highest BCUT2D eigenvalue weighted by Crippen LogP contribution is 2.39. The van der Waals surface area contributed by atoms with Gasteiger partial charge in [-0.15, -0.1) is 0 Å². The molecule has 0 saturated carbocycles. The van der Waals surface area contributed by atoms with Crippen molar-refractivity contribution in [2.75, 3.05) is 13.2 Å². The van der Waals surface area contributed by atoms with Crippen LogP contribution >= 0.6 is 12.2 Å². The molecule has 1 unspecified atom stereocenters. The predicted octanol–water partition coefficient (Wildman–Crippen LogP) is 2.82. The van der Waals surface area contributed by atoms with E-state index in [0.717, 1.165) is 4.90 Å². The van der Waals surface area contributed by atoms with E-state index in [0.29, 0.717) is 5.70 Å². The summed E-state index contributed by atoms with van der Waals surface area (Å²) in [5.74, 6) is -0.706. The molecule has 0 fully saturated rings. The van der Waals surface area contributed by atoms with Crippen molar-refractivity contribution < 1.29 is 24.0 Å². The van der Waals surface area contributed by atoms with Crippen molar-refractivity contribution in [3.8, 4) is 0 Å². The van der Waals surface area contributed by atoms with Gasteiger partial charge in [0.05, 0.1) is 29.3 Å².